The number of nitrogens with two attached hydrogens (primary N) is 2. The minimum Gasteiger partial charge on any atom is -1.00 e. The summed E-state index contributed by atoms with van der Waals surface area (Å²) < 4.78 is 1.12. The zero-order valence-corrected chi connectivity index (χ0v) is 28.0. The first kappa shape index (κ1) is 36.1. The fourth-order valence-corrected chi connectivity index (χ4v) is 4.31. The van der Waals surface area contributed by atoms with Gasteiger partial charge in [-0.2, -0.15) is 15.0 Å². The first-order valence-corrected chi connectivity index (χ1v) is 13.1. The van der Waals surface area contributed by atoms with Crippen molar-refractivity contribution in [2.75, 3.05) is 11.5 Å². The summed E-state index contributed by atoms with van der Waals surface area (Å²) in [5.41, 5.74) is 11.5. The number of fused-ring (bicyclic) bond motifs is 1. The summed E-state index contributed by atoms with van der Waals surface area (Å²) in [6, 6.07) is 9.73. The van der Waals surface area contributed by atoms with Gasteiger partial charge in [0.1, 0.15) is 17.3 Å². The number of carbonyl (C=O) groups excluding carboxylic acids is 1. The van der Waals surface area contributed by atoms with Crippen LogP contribution < -0.4 is 46.7 Å². The number of aliphatic imine (C=N–C) groups is 1. The minimum atomic E-state index is -0.662. The average molecular weight is 709 g/mol. The zero-order valence-electron chi connectivity index (χ0n) is 22.4. The van der Waals surface area contributed by atoms with Crippen LogP contribution in [0.15, 0.2) is 58.6 Å². The number of nitrogen functional groups attached to an aromatic ring is 2. The van der Waals surface area contributed by atoms with Gasteiger partial charge in [0.05, 0.1) is 37.7 Å². The molecule has 214 valence electrons. The molecule has 0 radical (unpaired) electrons. The van der Waals surface area contributed by atoms with Crippen LogP contribution in [0.4, 0.5) is 23.0 Å². The molecule has 3 heterocycles. The summed E-state index contributed by atoms with van der Waals surface area (Å²) in [4.78, 5) is 47.1. The second-order valence-corrected chi connectivity index (χ2v) is 9.66. The van der Waals surface area contributed by atoms with E-state index in [1.54, 1.807) is 36.4 Å². The average Bonchev–Trinajstić information content (AvgIpc) is 2.93. The van der Waals surface area contributed by atoms with Crippen molar-refractivity contribution in [2.24, 2.45) is 4.99 Å². The van der Waals surface area contributed by atoms with Crippen LogP contribution in [-0.4, -0.2) is 35.6 Å². The summed E-state index contributed by atoms with van der Waals surface area (Å²) >= 11 is 34.6. The Kier molecular flexibility index (Phi) is 14.0. The van der Waals surface area contributed by atoms with E-state index in [9.17, 15) is 9.59 Å². The van der Waals surface area contributed by atoms with Crippen LogP contribution in [0.5, 0.6) is 0 Å². The Bertz CT molecular complexity index is 1910. The van der Waals surface area contributed by atoms with Crippen molar-refractivity contribution >= 4 is 110 Å². The quantitative estimate of drug-likeness (QED) is 0.0902. The summed E-state index contributed by atoms with van der Waals surface area (Å²) in [5.74, 6) is 0.201. The van der Waals surface area contributed by atoms with Gasteiger partial charge in [0, 0.05) is 12.4 Å². The molecule has 19 heteroatoms. The molecular weight excluding hydrogens is 696 g/mol. The molecular formula is C24H13Cl6N10NaO2. The van der Waals surface area contributed by atoms with Crippen LogP contribution in [0.2, 0.25) is 30.7 Å². The van der Waals surface area contributed by atoms with Crippen molar-refractivity contribution in [1.82, 2.24) is 29.5 Å². The Hall–Kier alpha value is -3.05. The van der Waals surface area contributed by atoms with E-state index in [0.29, 0.717) is 15.4 Å². The predicted molar refractivity (Wildman–Crippen MR) is 165 cm³/mol. The first-order chi connectivity index (χ1) is 20.0. The number of benzene rings is 2. The number of rotatable bonds is 2. The van der Waals surface area contributed by atoms with Crippen LogP contribution in [0.25, 0.3) is 21.6 Å². The van der Waals surface area contributed by atoms with Crippen LogP contribution in [-0.2, 0) is 4.79 Å². The van der Waals surface area contributed by atoms with Crippen molar-refractivity contribution in [3.05, 3.63) is 101 Å². The number of anilines is 2. The van der Waals surface area contributed by atoms with E-state index >= 15 is 0 Å². The van der Waals surface area contributed by atoms with Gasteiger partial charge in [0.25, 0.3) is 0 Å². The Morgan fingerprint density at radius 2 is 1.40 bits per heavy atom. The number of para-hydroxylation sites is 2. The molecule has 2 aromatic carbocycles. The normalized spacial score (nSPS) is 9.70. The molecule has 0 saturated carbocycles. The number of halogens is 6. The fourth-order valence-electron chi connectivity index (χ4n) is 2.99. The molecule has 0 spiro atoms. The molecule has 0 aliphatic heterocycles. The second-order valence-electron chi connectivity index (χ2n) is 7.36. The maximum Gasteiger partial charge on any atom is 1.00 e. The third-order valence-corrected chi connectivity index (χ3v) is 6.38. The van der Waals surface area contributed by atoms with Gasteiger partial charge in [-0.3, -0.25) is 0 Å². The molecule has 0 amide bonds. The van der Waals surface area contributed by atoms with Gasteiger partial charge >= 0.3 is 35.2 Å². The molecule has 0 fully saturated rings. The first-order valence-electron chi connectivity index (χ1n) is 10.8. The molecule has 0 aliphatic carbocycles. The number of aromatic nitrogens is 6. The van der Waals surface area contributed by atoms with E-state index in [0.717, 1.165) is 4.57 Å². The summed E-state index contributed by atoms with van der Waals surface area (Å²) in [6.45, 7) is 6.58. The van der Waals surface area contributed by atoms with Crippen molar-refractivity contribution < 1.29 is 35.8 Å². The van der Waals surface area contributed by atoms with E-state index < -0.39 is 5.69 Å². The Balaban J connectivity index is 0.000000358. The fraction of sp³-hybridized carbons (Fsp3) is 0. The Labute approximate surface area is 296 Å². The van der Waals surface area contributed by atoms with Crippen LogP contribution in [0, 0.1) is 6.57 Å². The SMILES string of the molecule is Nc1c2cnc(Cl)nc2nc(=O)n1-c1c(Cl)cccc1Cl.O=C=Nc1c(Cl)cccc1Cl.[C-]#[N+]c1cnc(Cl)nc1N.[H-].[Na+]. The maximum absolute atomic E-state index is 12.2. The number of isocyanates is 1. The maximum atomic E-state index is 12.2. The molecule has 0 atom stereocenters. The molecule has 4 N–H and O–H groups in total. The van der Waals surface area contributed by atoms with Crippen molar-refractivity contribution in [3.8, 4) is 5.69 Å². The van der Waals surface area contributed by atoms with Gasteiger partial charge in [0.15, 0.2) is 5.65 Å². The summed E-state index contributed by atoms with van der Waals surface area (Å²) in [5, 5.41) is 1.64. The zero-order chi connectivity index (χ0) is 31.0. The van der Waals surface area contributed by atoms with Gasteiger partial charge in [-0.15, -0.1) is 0 Å². The van der Waals surface area contributed by atoms with Gasteiger partial charge in [-0.05, 0) is 47.5 Å². The summed E-state index contributed by atoms with van der Waals surface area (Å²) in [7, 11) is 0. The van der Waals surface area contributed by atoms with E-state index in [1.165, 1.54) is 18.5 Å². The molecule has 0 bridgehead atoms. The van der Waals surface area contributed by atoms with Crippen molar-refractivity contribution in [2.45, 2.75) is 0 Å². The monoisotopic (exact) mass is 706 g/mol. The summed E-state index contributed by atoms with van der Waals surface area (Å²) in [6.07, 6.45) is 4.04. The molecule has 5 rings (SSSR count). The van der Waals surface area contributed by atoms with Crippen LogP contribution in [0.1, 0.15) is 1.43 Å². The Morgan fingerprint density at radius 3 is 1.93 bits per heavy atom. The molecule has 43 heavy (non-hydrogen) atoms. The minimum absolute atomic E-state index is 0. The van der Waals surface area contributed by atoms with Gasteiger partial charge in [-0.25, -0.2) is 34.0 Å². The van der Waals surface area contributed by atoms with Crippen LogP contribution in [0.3, 0.4) is 0 Å². The van der Waals surface area contributed by atoms with Gasteiger partial charge < -0.3 is 12.9 Å². The molecule has 0 saturated heterocycles. The molecule has 3 aromatic heterocycles. The van der Waals surface area contributed by atoms with E-state index in [2.05, 4.69) is 34.8 Å². The molecule has 12 nitrogen and oxygen atoms in total. The smallest absolute Gasteiger partial charge is 1.00 e. The Morgan fingerprint density at radius 1 is 0.860 bits per heavy atom. The largest absolute Gasteiger partial charge is 1.00 e. The number of nitrogens with zero attached hydrogens (tertiary/aromatic N) is 8. The van der Waals surface area contributed by atoms with E-state index in [1.807, 2.05) is 0 Å². The molecule has 0 unspecified atom stereocenters. The third kappa shape index (κ3) is 9.22. The van der Waals surface area contributed by atoms with Gasteiger partial charge in [-0.1, -0.05) is 58.5 Å². The van der Waals surface area contributed by atoms with E-state index in [-0.39, 0.29) is 85.9 Å². The topological polar surface area (TPSA) is 172 Å². The standard InChI is InChI=1S/C12H6Cl3N5O.C7H3Cl2NO.C5H3ClN4.Na.H/c13-6-2-1-3-7(14)8(6)20-9(16)5-4-17-11(15)18-10(5)19-12(20)21;8-5-2-1-3-6(9)7(5)10-4-11;1-8-3-2-9-5(6)10-4(3)7;;/h1-4H,16H2;1-3H;2H,(H2,7,9,10);;/q;;;+1;-1. The molecule has 0 aliphatic rings. The number of hydrogen-bond acceptors (Lipinski definition) is 10. The second kappa shape index (κ2) is 16.7. The third-order valence-electron chi connectivity index (χ3n) is 4.79. The predicted octanol–water partition coefficient (Wildman–Crippen LogP) is 4.06. The van der Waals surface area contributed by atoms with E-state index in [4.69, 9.17) is 87.6 Å². The van der Waals surface area contributed by atoms with Crippen LogP contribution >= 0.6 is 69.6 Å². The van der Waals surface area contributed by atoms with Gasteiger partial charge in [0.2, 0.25) is 22.3 Å². The number of hydrogen-bond donors (Lipinski definition) is 2. The van der Waals surface area contributed by atoms with Crippen molar-refractivity contribution in [3.63, 3.8) is 0 Å². The van der Waals surface area contributed by atoms with Crippen molar-refractivity contribution in [1.29, 1.82) is 0 Å². The molecule has 5 aromatic rings.